The zero-order chi connectivity index (χ0) is 48.9. The van der Waals surface area contributed by atoms with Crippen LogP contribution in [0.5, 0.6) is 23.0 Å². The normalized spacial score (nSPS) is 11.5. The zero-order valence-electron chi connectivity index (χ0n) is 41.9. The van der Waals surface area contributed by atoms with Crippen LogP contribution in [0.25, 0.3) is 56.2 Å². The molecule has 0 unspecified atom stereocenters. The van der Waals surface area contributed by atoms with Crippen LogP contribution in [0.2, 0.25) is 0 Å². The summed E-state index contributed by atoms with van der Waals surface area (Å²) >= 11 is 0. The number of fused-ring (bicyclic) bond motifs is 2. The average molecular weight is 1310 g/mol. The van der Waals surface area contributed by atoms with Crippen LogP contribution in [0.3, 0.4) is 0 Å². The molecule has 0 saturated heterocycles. The first kappa shape index (κ1) is 51.5. The van der Waals surface area contributed by atoms with E-state index in [9.17, 15) is 0 Å². The molecule has 4 heterocycles. The Morgan fingerprint density at radius 1 is 0.458 bits per heavy atom. The predicted molar refractivity (Wildman–Crippen MR) is 276 cm³/mol. The van der Waals surface area contributed by atoms with E-state index in [1.807, 2.05) is 73.7 Å². The number of pyridine rings is 2. The number of anilines is 2. The SMILES string of the molecule is CN(C)c1cccc(-n2[c-][n+](-c3[c-]c(Oc4[c-]c(-c5[c-]c(Oc6[c-]c(-[n+]7[c-]n(-c8cccc(N(C)C)c8)c8ccccc87)cc(C(C)(C)C)c6)ccn5)ncc4)cc(C(C)(C)C)c3)c3ccccc32)c1.[Pt].[Pt]. The molecule has 0 aliphatic rings. The van der Waals surface area contributed by atoms with Gasteiger partial charge in [0.05, 0.1) is 33.4 Å². The van der Waals surface area contributed by atoms with Gasteiger partial charge in [0, 0.05) is 105 Å². The van der Waals surface area contributed by atoms with Gasteiger partial charge in [0.1, 0.15) is 0 Å². The number of benzene rings is 6. The van der Waals surface area contributed by atoms with Crippen LogP contribution in [-0.2, 0) is 53.0 Å². The Morgan fingerprint density at radius 3 is 1.25 bits per heavy atom. The Kier molecular flexibility index (Phi) is 14.8. The number of aromatic nitrogens is 6. The third-order valence-corrected chi connectivity index (χ3v) is 12.2. The molecule has 72 heavy (non-hydrogen) atoms. The number of nitrogens with zero attached hydrogens (tertiary/aromatic N) is 8. The van der Waals surface area contributed by atoms with Crippen LogP contribution in [0, 0.1) is 36.9 Å². The van der Waals surface area contributed by atoms with Crippen molar-refractivity contribution in [2.24, 2.45) is 0 Å². The van der Waals surface area contributed by atoms with Crippen LogP contribution in [0.1, 0.15) is 52.7 Å². The number of rotatable bonds is 11. The molecule has 10 aromatic rings. The summed E-state index contributed by atoms with van der Waals surface area (Å²) in [6, 6.07) is 59.2. The van der Waals surface area contributed by atoms with Gasteiger partial charge in [-0.3, -0.25) is 9.13 Å². The molecule has 4 aromatic heterocycles. The van der Waals surface area contributed by atoms with Gasteiger partial charge in [-0.2, -0.15) is 35.4 Å². The molecule has 370 valence electrons. The maximum atomic E-state index is 6.61. The monoisotopic (exact) mass is 1310 g/mol. The predicted octanol–water partition coefficient (Wildman–Crippen LogP) is 11.7. The van der Waals surface area contributed by atoms with Crippen LogP contribution < -0.4 is 28.4 Å². The summed E-state index contributed by atoms with van der Waals surface area (Å²) in [6.07, 6.45) is 10.6. The summed E-state index contributed by atoms with van der Waals surface area (Å²) in [5.41, 5.74) is 12.4. The van der Waals surface area contributed by atoms with E-state index in [4.69, 9.17) is 9.47 Å². The van der Waals surface area contributed by atoms with E-state index >= 15 is 0 Å². The number of imidazole rings is 2. The van der Waals surface area contributed by atoms with Crippen molar-refractivity contribution < 1.29 is 60.7 Å². The van der Waals surface area contributed by atoms with Crippen molar-refractivity contribution in [1.82, 2.24) is 19.1 Å². The van der Waals surface area contributed by atoms with Crippen LogP contribution in [0.4, 0.5) is 11.4 Å². The minimum atomic E-state index is -0.202. The molecule has 0 saturated carbocycles. The van der Waals surface area contributed by atoms with Crippen LogP contribution in [-0.4, -0.2) is 47.3 Å². The van der Waals surface area contributed by atoms with Gasteiger partial charge in [-0.05, 0) is 71.0 Å². The summed E-state index contributed by atoms with van der Waals surface area (Å²) in [7, 11) is 8.18. The molecule has 10 rings (SSSR count). The molecule has 0 atom stereocenters. The fraction of sp³-hybridized carbons (Fsp3) is 0.200. The van der Waals surface area contributed by atoms with Crippen molar-refractivity contribution >= 4 is 33.4 Å². The van der Waals surface area contributed by atoms with Gasteiger partial charge in [-0.15, -0.1) is 47.8 Å². The van der Waals surface area contributed by atoms with E-state index in [0.29, 0.717) is 34.4 Å². The molecule has 0 radical (unpaired) electrons. The Bertz CT molecular complexity index is 3330. The van der Waals surface area contributed by atoms with Crippen molar-refractivity contribution in [2.75, 3.05) is 38.0 Å². The van der Waals surface area contributed by atoms with E-state index < -0.39 is 0 Å². The Morgan fingerprint density at radius 2 is 0.861 bits per heavy atom. The van der Waals surface area contributed by atoms with Gasteiger partial charge >= 0.3 is 0 Å². The van der Waals surface area contributed by atoms with Crippen LogP contribution >= 0.6 is 0 Å². The average Bonchev–Trinajstić information content (AvgIpc) is 3.94. The van der Waals surface area contributed by atoms with Gasteiger partial charge in [0.25, 0.3) is 12.7 Å². The second-order valence-corrected chi connectivity index (χ2v) is 19.9. The molecule has 10 nitrogen and oxygen atoms in total. The molecule has 0 bridgehead atoms. The van der Waals surface area contributed by atoms with E-state index in [-0.39, 0.29) is 53.0 Å². The van der Waals surface area contributed by atoms with Crippen molar-refractivity contribution in [2.45, 2.75) is 52.4 Å². The standard InChI is InChI=1S/C60H54N8O2.2Pt/c1-59(2,3)41-29-47(67-39-65(55-21-11-13-23-57(55)67)45-19-15-17-43(33-45)63(7)8)35-51(31-41)69-49-25-27-61-53(37-49)54-38-50(26-28-62-54)70-52-32-42(60(4,5)6)30-48(36-52)68-40-66(56-22-12-14-24-58(56)68)46-20-16-18-44(34-46)64(9)10;;/h11-34H,1-10H3;;/q-4;;. The number of para-hydroxylation sites is 4. The molecule has 0 spiro atoms. The van der Waals surface area contributed by atoms with Crippen LogP contribution in [0.15, 0.2) is 146 Å². The first-order chi connectivity index (χ1) is 33.6. The summed E-state index contributed by atoms with van der Waals surface area (Å²) in [5.74, 6) is 1.96. The van der Waals surface area contributed by atoms with Gasteiger partial charge < -0.3 is 38.4 Å². The van der Waals surface area contributed by atoms with Gasteiger partial charge in [-0.25, -0.2) is 0 Å². The van der Waals surface area contributed by atoms with Crippen molar-refractivity contribution in [3.05, 3.63) is 194 Å². The maximum absolute atomic E-state index is 6.61. The molecular formula is C60H54N8O2Pt2-4. The molecule has 12 heteroatoms. The molecule has 0 amide bonds. The largest absolute Gasteiger partial charge is 0.511 e. The first-order valence-electron chi connectivity index (χ1n) is 23.3. The third kappa shape index (κ3) is 10.7. The molecular weight excluding hydrogens is 1250 g/mol. The molecule has 0 aliphatic heterocycles. The molecule has 0 N–H and O–H groups in total. The van der Waals surface area contributed by atoms with E-state index in [2.05, 4.69) is 192 Å². The van der Waals surface area contributed by atoms with Crippen molar-refractivity contribution in [1.29, 1.82) is 0 Å². The third-order valence-electron chi connectivity index (χ3n) is 12.2. The Hall–Kier alpha value is -6.86. The van der Waals surface area contributed by atoms with E-state index in [1.165, 1.54) is 0 Å². The van der Waals surface area contributed by atoms with Gasteiger partial charge in [0.15, 0.2) is 0 Å². The minimum Gasteiger partial charge on any atom is -0.511 e. The summed E-state index contributed by atoms with van der Waals surface area (Å²) in [5, 5.41) is 0. The second-order valence-electron chi connectivity index (χ2n) is 19.9. The number of ether oxygens (including phenoxy) is 2. The van der Waals surface area contributed by atoms with Crippen molar-refractivity contribution in [3.8, 4) is 57.1 Å². The minimum absolute atomic E-state index is 0. The van der Waals surface area contributed by atoms with E-state index in [0.717, 1.165) is 67.3 Å². The van der Waals surface area contributed by atoms with Crippen molar-refractivity contribution in [3.63, 3.8) is 0 Å². The Labute approximate surface area is 451 Å². The van der Waals surface area contributed by atoms with Gasteiger partial charge in [-0.1, -0.05) is 102 Å². The maximum Gasteiger partial charge on any atom is 0.268 e. The first-order valence-corrected chi connectivity index (χ1v) is 23.3. The summed E-state index contributed by atoms with van der Waals surface area (Å²) in [6.45, 7) is 13.1. The molecule has 0 fully saturated rings. The van der Waals surface area contributed by atoms with Gasteiger partial charge in [0.2, 0.25) is 0 Å². The fourth-order valence-electron chi connectivity index (χ4n) is 8.29. The molecule has 6 aromatic carbocycles. The zero-order valence-corrected chi connectivity index (χ0v) is 46.4. The van der Waals surface area contributed by atoms with E-state index in [1.54, 1.807) is 24.5 Å². The summed E-state index contributed by atoms with van der Waals surface area (Å²) in [4.78, 5) is 13.5. The number of hydrogen-bond acceptors (Lipinski definition) is 6. The Balaban J connectivity index is 0.00000347. The fourth-order valence-corrected chi connectivity index (χ4v) is 8.29. The quantitative estimate of drug-likeness (QED) is 0.0949. The topological polar surface area (TPSA) is 68.3 Å². The number of hydrogen-bond donors (Lipinski definition) is 0. The summed E-state index contributed by atoms with van der Waals surface area (Å²) < 4.78 is 21.5. The molecule has 0 aliphatic carbocycles. The smallest absolute Gasteiger partial charge is 0.268 e. The second kappa shape index (κ2) is 20.7.